The van der Waals surface area contributed by atoms with Gasteiger partial charge in [-0.2, -0.15) is 9.97 Å². The van der Waals surface area contributed by atoms with Gasteiger partial charge in [0.2, 0.25) is 5.28 Å². The Morgan fingerprint density at radius 3 is 3.00 bits per heavy atom. The lowest BCUT2D eigenvalue weighted by molar-refractivity contribution is 1.06. The van der Waals surface area contributed by atoms with Crippen molar-refractivity contribution in [2.45, 2.75) is 6.42 Å². The summed E-state index contributed by atoms with van der Waals surface area (Å²) in [7, 11) is 0. The number of H-pyrrole nitrogens is 1. The molecule has 2 aromatic heterocycles. The molecule has 1 aliphatic rings. The fraction of sp³-hybridized carbons (Fsp3) is 0.200. The fourth-order valence-corrected chi connectivity index (χ4v) is 3.97. The van der Waals surface area contributed by atoms with Gasteiger partial charge in [0.1, 0.15) is 11.5 Å². The summed E-state index contributed by atoms with van der Waals surface area (Å²) in [6.45, 7) is 1.00. The van der Waals surface area contributed by atoms with Gasteiger partial charge in [-0.05, 0) is 29.7 Å². The van der Waals surface area contributed by atoms with Crippen LogP contribution in [0.2, 0.25) is 10.3 Å². The molecule has 3 heterocycles. The van der Waals surface area contributed by atoms with Crippen LogP contribution in [0.3, 0.4) is 0 Å². The van der Waals surface area contributed by atoms with Crippen LogP contribution in [0.1, 0.15) is 5.56 Å². The van der Waals surface area contributed by atoms with E-state index in [9.17, 15) is 0 Å². The van der Waals surface area contributed by atoms with Gasteiger partial charge in [0.05, 0.1) is 21.8 Å². The molecule has 3 aromatic rings. The molecule has 0 fully saturated rings. The van der Waals surface area contributed by atoms with Gasteiger partial charge >= 0.3 is 0 Å². The molecule has 1 aromatic carbocycles. The highest BCUT2D eigenvalue weighted by molar-refractivity contribution is 8.00. The van der Waals surface area contributed by atoms with Crippen molar-refractivity contribution in [2.75, 3.05) is 22.4 Å². The van der Waals surface area contributed by atoms with Crippen molar-refractivity contribution in [2.24, 2.45) is 0 Å². The Balaban J connectivity index is 1.84. The molecule has 0 unspecified atom stereocenters. The third kappa shape index (κ3) is 2.51. The Kier molecular flexibility index (Phi) is 3.75. The molecule has 0 saturated carbocycles. The first-order valence-corrected chi connectivity index (χ1v) is 9.02. The first kappa shape index (κ1) is 14.9. The van der Waals surface area contributed by atoms with Crippen molar-refractivity contribution >= 4 is 63.4 Å². The molecule has 0 aliphatic carbocycles. The maximum Gasteiger partial charge on any atom is 0.226 e. The molecule has 0 radical (unpaired) electrons. The maximum atomic E-state index is 6.26. The molecular weight excluding hydrogens is 353 g/mol. The van der Waals surface area contributed by atoms with Crippen molar-refractivity contribution in [3.8, 4) is 0 Å². The maximum absolute atomic E-state index is 6.26. The van der Waals surface area contributed by atoms with E-state index < -0.39 is 0 Å². The molecule has 2 N–H and O–H groups in total. The van der Waals surface area contributed by atoms with Crippen molar-refractivity contribution in [3.05, 3.63) is 40.3 Å². The number of aromatic amines is 1. The van der Waals surface area contributed by atoms with Crippen molar-refractivity contribution in [1.29, 1.82) is 0 Å². The summed E-state index contributed by atoms with van der Waals surface area (Å²) in [5.74, 6) is 0.604. The summed E-state index contributed by atoms with van der Waals surface area (Å²) >= 11 is 14.0. The van der Waals surface area contributed by atoms with Gasteiger partial charge in [-0.25, -0.2) is 0 Å². The molecule has 118 valence electrons. The number of aromatic nitrogens is 3. The standard InChI is InChI=1S/C15H13Cl2N5S/c1-23-22-6-5-8-3-2-4-10(12(8)22)19-14-11-9(16)7-18-13(11)20-15(17)21-14/h2-4,7H,5-6H2,1H3,(H2,18,19,20,21). The minimum absolute atomic E-state index is 0.174. The van der Waals surface area contributed by atoms with Crippen molar-refractivity contribution in [1.82, 2.24) is 15.0 Å². The van der Waals surface area contributed by atoms with Crippen LogP contribution in [0.25, 0.3) is 11.0 Å². The number of nitrogens with one attached hydrogen (secondary N) is 2. The third-order valence-electron chi connectivity index (χ3n) is 3.88. The summed E-state index contributed by atoms with van der Waals surface area (Å²) in [6, 6.07) is 6.24. The van der Waals surface area contributed by atoms with E-state index in [2.05, 4.69) is 36.9 Å². The molecule has 0 bridgehead atoms. The monoisotopic (exact) mass is 365 g/mol. The molecule has 1 aliphatic heterocycles. The lowest BCUT2D eigenvalue weighted by Gasteiger charge is -2.19. The fourth-order valence-electron chi connectivity index (χ4n) is 2.89. The van der Waals surface area contributed by atoms with Gasteiger partial charge in [-0.15, -0.1) is 0 Å². The highest BCUT2D eigenvalue weighted by Crippen LogP contribution is 2.41. The molecule has 0 spiro atoms. The van der Waals surface area contributed by atoms with Crippen LogP contribution in [0.4, 0.5) is 17.2 Å². The Bertz CT molecular complexity index is 895. The Morgan fingerprint density at radius 1 is 1.30 bits per heavy atom. The summed E-state index contributed by atoms with van der Waals surface area (Å²) in [6.07, 6.45) is 4.80. The van der Waals surface area contributed by atoms with E-state index in [1.807, 2.05) is 12.1 Å². The zero-order valence-corrected chi connectivity index (χ0v) is 14.6. The normalized spacial score (nSPS) is 13.6. The average Bonchev–Trinajstić information content (AvgIpc) is 3.11. The van der Waals surface area contributed by atoms with Gasteiger partial charge in [0, 0.05) is 19.0 Å². The highest BCUT2D eigenvalue weighted by atomic mass is 35.5. The lowest BCUT2D eigenvalue weighted by atomic mass is 10.1. The van der Waals surface area contributed by atoms with Crippen LogP contribution >= 0.6 is 35.1 Å². The summed E-state index contributed by atoms with van der Waals surface area (Å²) in [5, 5.41) is 4.86. The second-order valence-electron chi connectivity index (χ2n) is 5.17. The smallest absolute Gasteiger partial charge is 0.226 e. The van der Waals surface area contributed by atoms with Crippen LogP contribution in [-0.4, -0.2) is 27.8 Å². The van der Waals surface area contributed by atoms with E-state index in [0.717, 1.165) is 24.0 Å². The molecule has 4 rings (SSSR count). The number of benzene rings is 1. The zero-order chi connectivity index (χ0) is 16.0. The number of rotatable bonds is 3. The number of halogens is 2. The number of hydrogen-bond acceptors (Lipinski definition) is 5. The topological polar surface area (TPSA) is 56.8 Å². The number of anilines is 3. The van der Waals surface area contributed by atoms with Gasteiger partial charge in [-0.1, -0.05) is 35.7 Å². The Morgan fingerprint density at radius 2 is 2.17 bits per heavy atom. The molecule has 0 saturated heterocycles. The van der Waals surface area contributed by atoms with E-state index in [1.54, 1.807) is 18.1 Å². The van der Waals surface area contributed by atoms with E-state index in [0.29, 0.717) is 16.5 Å². The second-order valence-corrected chi connectivity index (χ2v) is 6.73. The molecule has 0 amide bonds. The van der Waals surface area contributed by atoms with Crippen molar-refractivity contribution in [3.63, 3.8) is 0 Å². The average molecular weight is 366 g/mol. The number of fused-ring (bicyclic) bond motifs is 2. The van der Waals surface area contributed by atoms with Crippen LogP contribution in [-0.2, 0) is 6.42 Å². The predicted molar refractivity (Wildman–Crippen MR) is 98.2 cm³/mol. The summed E-state index contributed by atoms with van der Waals surface area (Å²) in [5.41, 5.74) is 4.12. The highest BCUT2D eigenvalue weighted by Gasteiger charge is 2.23. The molecule has 0 atom stereocenters. The first-order valence-electron chi connectivity index (χ1n) is 7.08. The van der Waals surface area contributed by atoms with Crippen molar-refractivity contribution < 1.29 is 0 Å². The molecule has 23 heavy (non-hydrogen) atoms. The number of hydrogen-bond donors (Lipinski definition) is 2. The number of nitrogens with zero attached hydrogens (tertiary/aromatic N) is 3. The molecule has 5 nitrogen and oxygen atoms in total. The van der Waals surface area contributed by atoms with Crippen LogP contribution < -0.4 is 9.62 Å². The minimum Gasteiger partial charge on any atom is -0.344 e. The minimum atomic E-state index is 0.174. The zero-order valence-electron chi connectivity index (χ0n) is 12.2. The summed E-state index contributed by atoms with van der Waals surface area (Å²) in [4.78, 5) is 11.5. The molecular formula is C15H13Cl2N5S. The van der Waals surface area contributed by atoms with Gasteiger partial charge in [-0.3, -0.25) is 0 Å². The van der Waals surface area contributed by atoms with Gasteiger partial charge < -0.3 is 14.6 Å². The quantitative estimate of drug-likeness (QED) is 0.522. The van der Waals surface area contributed by atoms with E-state index in [1.165, 1.54) is 11.3 Å². The predicted octanol–water partition coefficient (Wildman–Crippen LogP) is 4.65. The largest absolute Gasteiger partial charge is 0.344 e. The lowest BCUT2D eigenvalue weighted by Crippen LogP contribution is -2.11. The molecule has 8 heteroatoms. The summed E-state index contributed by atoms with van der Waals surface area (Å²) < 4.78 is 2.27. The second kappa shape index (κ2) is 5.78. The SMILES string of the molecule is CSN1CCc2cccc(Nc3nc(Cl)nc4[nH]cc(Cl)c34)c21. The Labute approximate surface area is 147 Å². The van der Waals surface area contributed by atoms with Crippen LogP contribution in [0.5, 0.6) is 0 Å². The van der Waals surface area contributed by atoms with Crippen LogP contribution in [0.15, 0.2) is 24.4 Å². The van der Waals surface area contributed by atoms with E-state index in [4.69, 9.17) is 23.2 Å². The van der Waals surface area contributed by atoms with E-state index in [-0.39, 0.29) is 5.28 Å². The first-order chi connectivity index (χ1) is 11.2. The Hall–Kier alpha value is -1.63. The van der Waals surface area contributed by atoms with E-state index >= 15 is 0 Å². The third-order valence-corrected chi connectivity index (χ3v) is 5.16. The van der Waals surface area contributed by atoms with Crippen LogP contribution in [0, 0.1) is 0 Å². The van der Waals surface area contributed by atoms with Gasteiger partial charge in [0.25, 0.3) is 0 Å². The number of para-hydroxylation sites is 1. The van der Waals surface area contributed by atoms with Gasteiger partial charge in [0.15, 0.2) is 0 Å².